The average Bonchev–Trinajstić information content (AvgIpc) is 3.50. The van der Waals surface area contributed by atoms with Crippen molar-refractivity contribution in [3.05, 3.63) is 60.1 Å². The molecule has 6 rings (SSSR count). The minimum absolute atomic E-state index is 0.196. The third-order valence-corrected chi connectivity index (χ3v) is 7.86. The van der Waals surface area contributed by atoms with Gasteiger partial charge in [-0.15, -0.1) is 5.10 Å². The third-order valence-electron chi connectivity index (χ3n) is 7.86. The van der Waals surface area contributed by atoms with E-state index in [1.54, 1.807) is 10.9 Å². The normalized spacial score (nSPS) is 16.3. The molecule has 214 valence electrons. The van der Waals surface area contributed by atoms with Gasteiger partial charge in [0.25, 0.3) is 5.91 Å². The molecule has 0 radical (unpaired) electrons. The molecule has 0 aromatic carbocycles. The van der Waals surface area contributed by atoms with E-state index in [9.17, 15) is 4.79 Å². The van der Waals surface area contributed by atoms with Gasteiger partial charge in [-0.05, 0) is 65.3 Å². The molecule has 1 aliphatic heterocycles. The van der Waals surface area contributed by atoms with Crippen LogP contribution in [-0.4, -0.2) is 78.3 Å². The number of anilines is 2. The van der Waals surface area contributed by atoms with Crippen LogP contribution in [0.5, 0.6) is 0 Å². The lowest BCUT2D eigenvalue weighted by molar-refractivity contribution is 0.102. The second kappa shape index (κ2) is 10.7. The van der Waals surface area contributed by atoms with Crippen molar-refractivity contribution in [2.45, 2.75) is 58.9 Å². The molecular formula is C30H38N10O. The molecule has 0 atom stereocenters. The van der Waals surface area contributed by atoms with Gasteiger partial charge in [0.1, 0.15) is 5.69 Å². The van der Waals surface area contributed by atoms with E-state index in [1.807, 2.05) is 42.3 Å². The summed E-state index contributed by atoms with van der Waals surface area (Å²) in [5.41, 5.74) is 6.14. The molecule has 41 heavy (non-hydrogen) atoms. The number of nitrogens with zero attached hydrogens (tertiary/aromatic N) is 9. The first-order valence-corrected chi connectivity index (χ1v) is 14.4. The molecule has 1 N–H and O–H groups in total. The third kappa shape index (κ3) is 5.72. The van der Waals surface area contributed by atoms with E-state index in [0.717, 1.165) is 79.6 Å². The summed E-state index contributed by atoms with van der Waals surface area (Å²) in [6.45, 7) is 15.6. The van der Waals surface area contributed by atoms with Crippen LogP contribution in [-0.2, 0) is 5.54 Å². The molecule has 0 spiro atoms. The number of carbonyl (C=O) groups is 1. The Bertz CT molecular complexity index is 1550. The van der Waals surface area contributed by atoms with E-state index < -0.39 is 0 Å². The molecule has 2 fully saturated rings. The number of aryl methyl sites for hydroxylation is 1. The fourth-order valence-electron chi connectivity index (χ4n) is 5.31. The van der Waals surface area contributed by atoms with E-state index in [2.05, 4.69) is 74.3 Å². The zero-order valence-corrected chi connectivity index (χ0v) is 24.5. The Labute approximate surface area is 240 Å². The predicted octanol–water partition coefficient (Wildman–Crippen LogP) is 4.26. The summed E-state index contributed by atoms with van der Waals surface area (Å²) < 4.78 is 3.68. The smallest absolute Gasteiger partial charge is 0.276 e. The average molecular weight is 555 g/mol. The van der Waals surface area contributed by atoms with Crippen molar-refractivity contribution >= 4 is 17.3 Å². The van der Waals surface area contributed by atoms with Crippen molar-refractivity contribution < 1.29 is 4.79 Å². The number of hydrogen-bond acceptors (Lipinski definition) is 8. The highest BCUT2D eigenvalue weighted by molar-refractivity contribution is 6.03. The Morgan fingerprint density at radius 2 is 1.83 bits per heavy atom. The predicted molar refractivity (Wildman–Crippen MR) is 159 cm³/mol. The highest BCUT2D eigenvalue weighted by Gasteiger charge is 2.32. The fourth-order valence-corrected chi connectivity index (χ4v) is 5.31. The highest BCUT2D eigenvalue weighted by Crippen LogP contribution is 2.41. The van der Waals surface area contributed by atoms with E-state index >= 15 is 0 Å². The molecule has 11 heteroatoms. The maximum Gasteiger partial charge on any atom is 0.276 e. The molecule has 1 saturated carbocycles. The fraction of sp³-hybridized carbons (Fsp3) is 0.467. The molecule has 11 nitrogen and oxygen atoms in total. The summed E-state index contributed by atoms with van der Waals surface area (Å²) in [7, 11) is 0. The zero-order chi connectivity index (χ0) is 28.7. The van der Waals surface area contributed by atoms with Crippen molar-refractivity contribution in [1.82, 2.24) is 39.6 Å². The van der Waals surface area contributed by atoms with Crippen LogP contribution < -0.4 is 10.2 Å². The minimum Gasteiger partial charge on any atom is -0.368 e. The summed E-state index contributed by atoms with van der Waals surface area (Å²) in [4.78, 5) is 27.0. The van der Waals surface area contributed by atoms with Crippen molar-refractivity contribution in [2.24, 2.45) is 0 Å². The Morgan fingerprint density at radius 3 is 2.54 bits per heavy atom. The minimum atomic E-state index is -0.256. The maximum absolute atomic E-state index is 13.2. The molecular weight excluding hydrogens is 516 g/mol. The van der Waals surface area contributed by atoms with Gasteiger partial charge in [-0.25, -0.2) is 4.68 Å². The summed E-state index contributed by atoms with van der Waals surface area (Å²) >= 11 is 0. The second-order valence-electron chi connectivity index (χ2n) is 12.0. The number of carbonyl (C=O) groups excluding carboxylic acids is 1. The molecule has 1 amide bonds. The van der Waals surface area contributed by atoms with Gasteiger partial charge in [-0.1, -0.05) is 12.1 Å². The van der Waals surface area contributed by atoms with Gasteiger partial charge < -0.3 is 15.1 Å². The summed E-state index contributed by atoms with van der Waals surface area (Å²) in [6, 6.07) is 5.91. The SMILES string of the molecule is CCN1CCN(c2cncc(-c3cn(-c4cc(NC(=O)c5cc(C6CC6)n(C(C)(C)C)n5)cnc4C)nn3)c2)CC1. The Kier molecular flexibility index (Phi) is 7.06. The number of aromatic nitrogens is 7. The van der Waals surface area contributed by atoms with Gasteiger partial charge in [-0.3, -0.25) is 19.4 Å². The summed E-state index contributed by atoms with van der Waals surface area (Å²) in [5, 5.41) is 16.5. The molecule has 0 unspecified atom stereocenters. The van der Waals surface area contributed by atoms with Gasteiger partial charge in [0.15, 0.2) is 5.69 Å². The standard InChI is InChI=1S/C30H38N10O/c1-6-37-9-11-38(12-10-37)24-13-22(16-31-18-24)26-19-39(36-34-26)27-14-23(17-32-20(27)2)33-29(41)25-15-28(21-7-8-21)40(35-25)30(3,4)5/h13-19,21H,6-12H2,1-5H3,(H,33,41). The van der Waals surface area contributed by atoms with Gasteiger partial charge in [0.2, 0.25) is 0 Å². The molecule has 0 bridgehead atoms. The molecule has 2 aliphatic rings. The number of pyridine rings is 2. The second-order valence-corrected chi connectivity index (χ2v) is 12.0. The quantitative estimate of drug-likeness (QED) is 0.361. The number of nitrogens with one attached hydrogen (secondary N) is 1. The lowest BCUT2D eigenvalue weighted by Gasteiger charge is -2.35. The number of piperazine rings is 1. The Hall–Kier alpha value is -4.12. The molecule has 1 aliphatic carbocycles. The molecule has 4 aromatic rings. The zero-order valence-electron chi connectivity index (χ0n) is 24.5. The highest BCUT2D eigenvalue weighted by atomic mass is 16.2. The van der Waals surface area contributed by atoms with Crippen LogP contribution >= 0.6 is 0 Å². The summed E-state index contributed by atoms with van der Waals surface area (Å²) in [5.74, 6) is 0.230. The van der Waals surface area contributed by atoms with E-state index in [0.29, 0.717) is 17.3 Å². The lowest BCUT2D eigenvalue weighted by atomic mass is 10.1. The van der Waals surface area contributed by atoms with Crippen LogP contribution in [0, 0.1) is 6.92 Å². The Balaban J connectivity index is 1.20. The lowest BCUT2D eigenvalue weighted by Crippen LogP contribution is -2.46. The van der Waals surface area contributed by atoms with E-state index in [4.69, 9.17) is 0 Å². The van der Waals surface area contributed by atoms with Gasteiger partial charge in [0, 0.05) is 49.6 Å². The topological polar surface area (TPSA) is 110 Å². The van der Waals surface area contributed by atoms with Crippen LogP contribution in [0.1, 0.15) is 68.3 Å². The van der Waals surface area contributed by atoms with Gasteiger partial charge in [-0.2, -0.15) is 5.10 Å². The van der Waals surface area contributed by atoms with Crippen molar-refractivity contribution in [3.8, 4) is 16.9 Å². The van der Waals surface area contributed by atoms with Crippen molar-refractivity contribution in [3.63, 3.8) is 0 Å². The monoisotopic (exact) mass is 554 g/mol. The largest absolute Gasteiger partial charge is 0.368 e. The first kappa shape index (κ1) is 27.1. The van der Waals surface area contributed by atoms with Crippen LogP contribution in [0.15, 0.2) is 43.0 Å². The van der Waals surface area contributed by atoms with Gasteiger partial charge >= 0.3 is 0 Å². The molecule has 1 saturated heterocycles. The van der Waals surface area contributed by atoms with Crippen molar-refractivity contribution in [1.29, 1.82) is 0 Å². The number of amides is 1. The number of rotatable bonds is 7. The van der Waals surface area contributed by atoms with Crippen LogP contribution in [0.3, 0.4) is 0 Å². The number of hydrogen-bond donors (Lipinski definition) is 1. The first-order valence-electron chi connectivity index (χ1n) is 14.4. The van der Waals surface area contributed by atoms with Crippen LogP contribution in [0.2, 0.25) is 0 Å². The Morgan fingerprint density at radius 1 is 1.05 bits per heavy atom. The van der Waals surface area contributed by atoms with Crippen LogP contribution in [0.25, 0.3) is 16.9 Å². The number of likely N-dealkylation sites (N-methyl/N-ethyl adjacent to an activating group) is 1. The molecule has 5 heterocycles. The summed E-state index contributed by atoms with van der Waals surface area (Å²) in [6.07, 6.45) is 9.54. The maximum atomic E-state index is 13.2. The van der Waals surface area contributed by atoms with Gasteiger partial charge in [0.05, 0.1) is 46.9 Å². The van der Waals surface area contributed by atoms with E-state index in [1.165, 1.54) is 0 Å². The van der Waals surface area contributed by atoms with E-state index in [-0.39, 0.29) is 11.4 Å². The van der Waals surface area contributed by atoms with Crippen molar-refractivity contribution in [2.75, 3.05) is 42.9 Å². The first-order chi connectivity index (χ1) is 19.7. The van der Waals surface area contributed by atoms with Crippen LogP contribution in [0.4, 0.5) is 11.4 Å². The molecule has 4 aromatic heterocycles.